The smallest absolute Gasteiger partial charge is 0.274 e. The summed E-state index contributed by atoms with van der Waals surface area (Å²) in [5, 5.41) is 6.53. The van der Waals surface area contributed by atoms with Gasteiger partial charge in [0.2, 0.25) is 0 Å². The SMILES string of the molecule is COc1cc(Cl)c(C)cc1NC(=O)c1cc(Nc2ccc(C)cc2)ncn1. The van der Waals surface area contributed by atoms with Crippen molar-refractivity contribution < 1.29 is 9.53 Å². The van der Waals surface area contributed by atoms with Crippen LogP contribution in [0.2, 0.25) is 5.02 Å². The number of hydrogen-bond donors (Lipinski definition) is 2. The Balaban J connectivity index is 1.79. The number of carbonyl (C=O) groups is 1. The topological polar surface area (TPSA) is 76.1 Å². The maximum absolute atomic E-state index is 12.6. The van der Waals surface area contributed by atoms with Crippen molar-refractivity contribution in [3.63, 3.8) is 0 Å². The average molecular weight is 383 g/mol. The van der Waals surface area contributed by atoms with E-state index in [1.54, 1.807) is 18.2 Å². The van der Waals surface area contributed by atoms with Crippen molar-refractivity contribution in [1.82, 2.24) is 9.97 Å². The fraction of sp³-hybridized carbons (Fsp3) is 0.150. The summed E-state index contributed by atoms with van der Waals surface area (Å²) < 4.78 is 5.29. The molecule has 3 rings (SSSR count). The Morgan fingerprint density at radius 2 is 1.81 bits per heavy atom. The van der Waals surface area contributed by atoms with E-state index in [0.717, 1.165) is 16.8 Å². The number of nitrogens with zero attached hydrogens (tertiary/aromatic N) is 2. The second kappa shape index (κ2) is 8.05. The Kier molecular flexibility index (Phi) is 5.57. The fourth-order valence-electron chi connectivity index (χ4n) is 2.45. The third kappa shape index (κ3) is 4.54. The van der Waals surface area contributed by atoms with E-state index in [2.05, 4.69) is 20.6 Å². The lowest BCUT2D eigenvalue weighted by molar-refractivity contribution is 0.102. The van der Waals surface area contributed by atoms with Crippen LogP contribution in [0.5, 0.6) is 5.75 Å². The van der Waals surface area contributed by atoms with Gasteiger partial charge in [-0.2, -0.15) is 0 Å². The lowest BCUT2D eigenvalue weighted by Gasteiger charge is -2.12. The quantitative estimate of drug-likeness (QED) is 0.665. The zero-order valence-electron chi connectivity index (χ0n) is 15.2. The number of methoxy groups -OCH3 is 1. The Labute approximate surface area is 162 Å². The van der Waals surface area contributed by atoms with E-state index >= 15 is 0 Å². The minimum Gasteiger partial charge on any atom is -0.495 e. The van der Waals surface area contributed by atoms with E-state index in [0.29, 0.717) is 22.3 Å². The number of hydrogen-bond acceptors (Lipinski definition) is 5. The first-order chi connectivity index (χ1) is 13.0. The van der Waals surface area contributed by atoms with Crippen LogP contribution in [0.1, 0.15) is 21.6 Å². The predicted molar refractivity (Wildman–Crippen MR) is 107 cm³/mol. The molecule has 0 saturated heterocycles. The van der Waals surface area contributed by atoms with Gasteiger partial charge in [0.05, 0.1) is 12.8 Å². The van der Waals surface area contributed by atoms with Crippen molar-refractivity contribution in [3.05, 3.63) is 70.6 Å². The van der Waals surface area contributed by atoms with Gasteiger partial charge in [-0.15, -0.1) is 0 Å². The van der Waals surface area contributed by atoms with E-state index in [-0.39, 0.29) is 11.6 Å². The molecule has 1 heterocycles. The number of aryl methyl sites for hydroxylation is 2. The fourth-order valence-corrected chi connectivity index (χ4v) is 2.60. The van der Waals surface area contributed by atoms with E-state index < -0.39 is 0 Å². The molecular weight excluding hydrogens is 364 g/mol. The van der Waals surface area contributed by atoms with Crippen molar-refractivity contribution >= 4 is 34.7 Å². The van der Waals surface area contributed by atoms with Crippen LogP contribution in [0, 0.1) is 13.8 Å². The molecule has 0 aliphatic carbocycles. The zero-order valence-corrected chi connectivity index (χ0v) is 16.0. The van der Waals surface area contributed by atoms with E-state index in [4.69, 9.17) is 16.3 Å². The number of anilines is 3. The lowest BCUT2D eigenvalue weighted by Crippen LogP contribution is -2.15. The number of ether oxygens (including phenoxy) is 1. The largest absolute Gasteiger partial charge is 0.495 e. The summed E-state index contributed by atoms with van der Waals surface area (Å²) in [6, 6.07) is 12.9. The molecule has 6 nitrogen and oxygen atoms in total. The van der Waals surface area contributed by atoms with Crippen LogP contribution in [0.25, 0.3) is 0 Å². The van der Waals surface area contributed by atoms with Gasteiger partial charge in [0, 0.05) is 22.8 Å². The molecule has 0 unspecified atom stereocenters. The van der Waals surface area contributed by atoms with Gasteiger partial charge in [0.15, 0.2) is 0 Å². The highest BCUT2D eigenvalue weighted by atomic mass is 35.5. The first-order valence-corrected chi connectivity index (χ1v) is 8.65. The molecule has 0 radical (unpaired) electrons. The van der Waals surface area contributed by atoms with Gasteiger partial charge in [-0.25, -0.2) is 9.97 Å². The van der Waals surface area contributed by atoms with Gasteiger partial charge in [-0.3, -0.25) is 4.79 Å². The molecule has 2 aromatic carbocycles. The third-order valence-electron chi connectivity index (χ3n) is 3.95. The Morgan fingerprint density at radius 1 is 1.07 bits per heavy atom. The normalized spacial score (nSPS) is 10.4. The highest BCUT2D eigenvalue weighted by Crippen LogP contribution is 2.31. The highest BCUT2D eigenvalue weighted by Gasteiger charge is 2.14. The van der Waals surface area contributed by atoms with Crippen LogP contribution in [0.4, 0.5) is 17.2 Å². The summed E-state index contributed by atoms with van der Waals surface area (Å²) in [5.74, 6) is 0.633. The van der Waals surface area contributed by atoms with Crippen LogP contribution in [0.15, 0.2) is 48.8 Å². The van der Waals surface area contributed by atoms with Crippen LogP contribution in [-0.4, -0.2) is 23.0 Å². The molecule has 7 heteroatoms. The number of halogens is 1. The van der Waals surface area contributed by atoms with Crippen molar-refractivity contribution in [2.75, 3.05) is 17.7 Å². The Hall–Kier alpha value is -3.12. The first-order valence-electron chi connectivity index (χ1n) is 8.27. The number of amides is 1. The number of rotatable bonds is 5. The Bertz CT molecular complexity index is 974. The lowest BCUT2D eigenvalue weighted by atomic mass is 10.2. The van der Waals surface area contributed by atoms with Gasteiger partial charge in [0.1, 0.15) is 23.6 Å². The molecule has 0 saturated carbocycles. The molecule has 1 amide bonds. The predicted octanol–water partition coefficient (Wildman–Crippen LogP) is 4.75. The van der Waals surface area contributed by atoms with Gasteiger partial charge >= 0.3 is 0 Å². The number of benzene rings is 2. The van der Waals surface area contributed by atoms with Crippen LogP contribution in [-0.2, 0) is 0 Å². The molecule has 0 fully saturated rings. The maximum atomic E-state index is 12.6. The molecule has 0 bridgehead atoms. The highest BCUT2D eigenvalue weighted by molar-refractivity contribution is 6.31. The molecule has 138 valence electrons. The molecule has 3 aromatic rings. The zero-order chi connectivity index (χ0) is 19.4. The van der Waals surface area contributed by atoms with Crippen molar-refractivity contribution in [1.29, 1.82) is 0 Å². The monoisotopic (exact) mass is 382 g/mol. The van der Waals surface area contributed by atoms with Crippen LogP contribution >= 0.6 is 11.6 Å². The molecule has 1 aromatic heterocycles. The van der Waals surface area contributed by atoms with Gasteiger partial charge in [-0.1, -0.05) is 29.3 Å². The van der Waals surface area contributed by atoms with Gasteiger partial charge in [0.25, 0.3) is 5.91 Å². The molecule has 27 heavy (non-hydrogen) atoms. The van der Waals surface area contributed by atoms with E-state index in [1.165, 1.54) is 13.4 Å². The molecule has 0 aliphatic heterocycles. The Morgan fingerprint density at radius 3 is 2.52 bits per heavy atom. The number of carbonyl (C=O) groups excluding carboxylic acids is 1. The molecule has 0 spiro atoms. The summed E-state index contributed by atoms with van der Waals surface area (Å²) >= 11 is 6.10. The minimum atomic E-state index is -0.371. The summed E-state index contributed by atoms with van der Waals surface area (Å²) in [6.07, 6.45) is 1.34. The van der Waals surface area contributed by atoms with Crippen LogP contribution in [0.3, 0.4) is 0 Å². The number of nitrogens with one attached hydrogen (secondary N) is 2. The standard InChI is InChI=1S/C20H19ClN4O2/c1-12-4-6-14(7-5-12)24-19-10-17(22-11-23-19)20(26)25-16-8-13(2)15(21)9-18(16)27-3/h4-11H,1-3H3,(H,25,26)(H,22,23,24). The maximum Gasteiger partial charge on any atom is 0.274 e. The second-order valence-corrected chi connectivity index (χ2v) is 6.44. The van der Waals surface area contributed by atoms with Gasteiger partial charge < -0.3 is 15.4 Å². The summed E-state index contributed by atoms with van der Waals surface area (Å²) in [7, 11) is 1.52. The van der Waals surface area contributed by atoms with Crippen molar-refractivity contribution in [2.45, 2.75) is 13.8 Å². The molecule has 2 N–H and O–H groups in total. The van der Waals surface area contributed by atoms with E-state index in [9.17, 15) is 4.79 Å². The molecular formula is C20H19ClN4O2. The molecule has 0 aliphatic rings. The summed E-state index contributed by atoms with van der Waals surface area (Å²) in [5.41, 5.74) is 3.62. The average Bonchev–Trinajstić information content (AvgIpc) is 2.66. The van der Waals surface area contributed by atoms with Gasteiger partial charge in [-0.05, 0) is 37.6 Å². The minimum absolute atomic E-state index is 0.231. The number of aromatic nitrogens is 2. The third-order valence-corrected chi connectivity index (χ3v) is 4.36. The first kappa shape index (κ1) is 18.7. The summed E-state index contributed by atoms with van der Waals surface area (Å²) in [4.78, 5) is 20.8. The van der Waals surface area contributed by atoms with Crippen molar-refractivity contribution in [2.24, 2.45) is 0 Å². The van der Waals surface area contributed by atoms with E-state index in [1.807, 2.05) is 38.1 Å². The molecule has 0 atom stereocenters. The van der Waals surface area contributed by atoms with Crippen LogP contribution < -0.4 is 15.4 Å². The summed E-state index contributed by atoms with van der Waals surface area (Å²) in [6.45, 7) is 3.87. The second-order valence-electron chi connectivity index (χ2n) is 6.04. The van der Waals surface area contributed by atoms with Crippen molar-refractivity contribution in [3.8, 4) is 5.75 Å².